The Kier molecular flexibility index (Phi) is 4.28. The summed E-state index contributed by atoms with van der Waals surface area (Å²) in [4.78, 5) is 24.2. The molecule has 0 atom stereocenters. The van der Waals surface area contributed by atoms with E-state index in [9.17, 15) is 9.59 Å². The number of alkyl halides is 1. The Labute approximate surface area is 98.7 Å². The Morgan fingerprint density at radius 1 is 1.53 bits per heavy atom. The maximum absolute atomic E-state index is 11.6. The van der Waals surface area contributed by atoms with Crippen molar-refractivity contribution >= 4 is 35.3 Å². The van der Waals surface area contributed by atoms with Crippen LogP contribution in [-0.2, 0) is 4.79 Å². The molecule has 1 fully saturated rings. The summed E-state index contributed by atoms with van der Waals surface area (Å²) >= 11 is 7.14. The first-order valence-electron chi connectivity index (χ1n) is 4.73. The second-order valence-corrected chi connectivity index (χ2v) is 6.09. The molecule has 0 aromatic rings. The fourth-order valence-electron chi connectivity index (χ4n) is 1.42. The molecule has 1 rings (SSSR count). The highest BCUT2D eigenvalue weighted by Gasteiger charge is 2.30. The molecular formula is C9H15ClN2O2S. The van der Waals surface area contributed by atoms with Crippen molar-refractivity contribution in [2.75, 3.05) is 24.7 Å². The van der Waals surface area contributed by atoms with Gasteiger partial charge in [0.25, 0.3) is 0 Å². The number of hydrogen-bond acceptors (Lipinski definition) is 3. The fourth-order valence-corrected chi connectivity index (χ4v) is 2.60. The Morgan fingerprint density at radius 2 is 2.20 bits per heavy atom. The zero-order valence-corrected chi connectivity index (χ0v) is 10.5. The summed E-state index contributed by atoms with van der Waals surface area (Å²) < 4.78 is 0.0552. The summed E-state index contributed by atoms with van der Waals surface area (Å²) in [5.74, 6) is 0.269. The molecule has 1 saturated heterocycles. The van der Waals surface area contributed by atoms with E-state index in [2.05, 4.69) is 19.2 Å². The third-order valence-electron chi connectivity index (χ3n) is 2.08. The van der Waals surface area contributed by atoms with Gasteiger partial charge < -0.3 is 4.90 Å². The lowest BCUT2D eigenvalue weighted by atomic mass is 10.2. The number of nitrogens with zero attached hydrogens (tertiary/aromatic N) is 1. The van der Waals surface area contributed by atoms with Gasteiger partial charge >= 0.3 is 6.03 Å². The molecule has 1 heterocycles. The highest BCUT2D eigenvalue weighted by molar-refractivity contribution is 8.00. The molecule has 86 valence electrons. The monoisotopic (exact) mass is 250 g/mol. The predicted molar refractivity (Wildman–Crippen MR) is 62.4 cm³/mol. The molecule has 3 amide bonds. The maximum Gasteiger partial charge on any atom is 0.324 e. The van der Waals surface area contributed by atoms with Crippen LogP contribution in [0.25, 0.3) is 0 Å². The minimum absolute atomic E-state index is 0.0552. The van der Waals surface area contributed by atoms with Crippen LogP contribution >= 0.6 is 23.4 Å². The number of carbonyl (C=O) groups is 2. The summed E-state index contributed by atoms with van der Waals surface area (Å²) in [6, 6.07) is -0.339. The lowest BCUT2D eigenvalue weighted by Gasteiger charge is -2.37. The van der Waals surface area contributed by atoms with Crippen molar-refractivity contribution in [3.8, 4) is 0 Å². The molecule has 1 N–H and O–H groups in total. The number of thioether (sulfide) groups is 1. The third kappa shape index (κ3) is 3.91. The minimum atomic E-state index is -0.447. The van der Waals surface area contributed by atoms with Crippen molar-refractivity contribution in [2.24, 2.45) is 0 Å². The Hall–Kier alpha value is -0.420. The van der Waals surface area contributed by atoms with E-state index >= 15 is 0 Å². The minimum Gasteiger partial charge on any atom is -0.322 e. The van der Waals surface area contributed by atoms with Gasteiger partial charge in [-0.25, -0.2) is 4.79 Å². The van der Waals surface area contributed by atoms with Gasteiger partial charge in [0.05, 0.1) is 0 Å². The molecule has 0 unspecified atom stereocenters. The second kappa shape index (κ2) is 5.07. The van der Waals surface area contributed by atoms with Gasteiger partial charge in [-0.05, 0) is 13.8 Å². The van der Waals surface area contributed by atoms with E-state index in [4.69, 9.17) is 11.6 Å². The molecule has 0 aromatic carbocycles. The lowest BCUT2D eigenvalue weighted by molar-refractivity contribution is -0.117. The number of rotatable bonds is 1. The zero-order valence-electron chi connectivity index (χ0n) is 8.88. The van der Waals surface area contributed by atoms with E-state index in [1.54, 1.807) is 4.90 Å². The third-order valence-corrected chi connectivity index (χ3v) is 3.62. The maximum atomic E-state index is 11.6. The summed E-state index contributed by atoms with van der Waals surface area (Å²) in [7, 11) is 0. The molecular weight excluding hydrogens is 236 g/mol. The van der Waals surface area contributed by atoms with Crippen LogP contribution in [0.3, 0.4) is 0 Å². The molecule has 0 bridgehead atoms. The number of carbonyl (C=O) groups excluding carboxylic acids is 2. The molecule has 6 heteroatoms. The number of imide groups is 1. The lowest BCUT2D eigenvalue weighted by Crippen LogP contribution is -2.51. The van der Waals surface area contributed by atoms with Crippen LogP contribution in [0.5, 0.6) is 0 Å². The number of hydrogen-bond donors (Lipinski definition) is 1. The molecule has 0 spiro atoms. The highest BCUT2D eigenvalue weighted by Crippen LogP contribution is 2.29. The molecule has 0 radical (unpaired) electrons. The van der Waals surface area contributed by atoms with E-state index in [1.165, 1.54) is 0 Å². The Morgan fingerprint density at radius 3 is 2.73 bits per heavy atom. The standard InChI is InChI=1S/C9H15ClN2O2S/c1-9(2)6-12(3-4-15-9)8(14)11-7(13)5-10/h3-6H2,1-2H3,(H,11,13,14). The van der Waals surface area contributed by atoms with Crippen LogP contribution in [0.15, 0.2) is 0 Å². The first-order chi connectivity index (χ1) is 6.94. The van der Waals surface area contributed by atoms with Crippen molar-refractivity contribution in [1.29, 1.82) is 0 Å². The van der Waals surface area contributed by atoms with E-state index in [-0.39, 0.29) is 16.7 Å². The highest BCUT2D eigenvalue weighted by atomic mass is 35.5. The van der Waals surface area contributed by atoms with Crippen molar-refractivity contribution in [1.82, 2.24) is 10.2 Å². The SMILES string of the molecule is CC1(C)CN(C(=O)NC(=O)CCl)CCS1. The second-order valence-electron chi connectivity index (χ2n) is 4.02. The first kappa shape index (κ1) is 12.6. The van der Waals surface area contributed by atoms with E-state index < -0.39 is 5.91 Å². The van der Waals surface area contributed by atoms with Crippen LogP contribution in [0.4, 0.5) is 4.79 Å². The molecule has 4 nitrogen and oxygen atoms in total. The summed E-state index contributed by atoms with van der Waals surface area (Å²) in [6.45, 7) is 5.50. The Balaban J connectivity index is 2.49. The molecule has 1 aliphatic rings. The van der Waals surface area contributed by atoms with Crippen molar-refractivity contribution in [2.45, 2.75) is 18.6 Å². The van der Waals surface area contributed by atoms with Gasteiger partial charge in [0.15, 0.2) is 0 Å². The molecule has 15 heavy (non-hydrogen) atoms. The quantitative estimate of drug-likeness (QED) is 0.714. The number of nitrogens with one attached hydrogen (secondary N) is 1. The number of urea groups is 1. The number of amides is 3. The van der Waals surface area contributed by atoms with Crippen LogP contribution in [-0.4, -0.2) is 46.3 Å². The summed E-state index contributed by atoms with van der Waals surface area (Å²) in [5.41, 5.74) is 0. The largest absolute Gasteiger partial charge is 0.324 e. The molecule has 1 aliphatic heterocycles. The molecule has 0 aromatic heterocycles. The first-order valence-corrected chi connectivity index (χ1v) is 6.25. The van der Waals surface area contributed by atoms with Gasteiger partial charge in [0, 0.05) is 23.6 Å². The van der Waals surface area contributed by atoms with Gasteiger partial charge in [-0.3, -0.25) is 10.1 Å². The van der Waals surface area contributed by atoms with Gasteiger partial charge in [-0.2, -0.15) is 11.8 Å². The van der Waals surface area contributed by atoms with Gasteiger partial charge in [-0.1, -0.05) is 0 Å². The molecule has 0 aliphatic carbocycles. The number of halogens is 1. The van der Waals surface area contributed by atoms with Crippen LogP contribution in [0.2, 0.25) is 0 Å². The smallest absolute Gasteiger partial charge is 0.322 e. The van der Waals surface area contributed by atoms with Crippen molar-refractivity contribution in [3.05, 3.63) is 0 Å². The van der Waals surface area contributed by atoms with Crippen LogP contribution in [0, 0.1) is 0 Å². The summed E-state index contributed by atoms with van der Waals surface area (Å²) in [5, 5.41) is 2.24. The Bertz CT molecular complexity index is 271. The topological polar surface area (TPSA) is 49.4 Å². The predicted octanol–water partition coefficient (Wildman–Crippen LogP) is 1.29. The van der Waals surface area contributed by atoms with Crippen LogP contribution in [0.1, 0.15) is 13.8 Å². The average Bonchev–Trinajstić information content (AvgIpc) is 2.16. The van der Waals surface area contributed by atoms with E-state index in [1.807, 2.05) is 11.8 Å². The zero-order chi connectivity index (χ0) is 11.5. The van der Waals surface area contributed by atoms with Crippen LogP contribution < -0.4 is 5.32 Å². The summed E-state index contributed by atoms with van der Waals surface area (Å²) in [6.07, 6.45) is 0. The van der Waals surface area contributed by atoms with Crippen molar-refractivity contribution in [3.63, 3.8) is 0 Å². The normalized spacial score (nSPS) is 19.8. The van der Waals surface area contributed by atoms with Crippen molar-refractivity contribution < 1.29 is 9.59 Å². The van der Waals surface area contributed by atoms with E-state index in [0.29, 0.717) is 13.1 Å². The average molecular weight is 251 g/mol. The van der Waals surface area contributed by atoms with E-state index in [0.717, 1.165) is 5.75 Å². The molecule has 0 saturated carbocycles. The van der Waals surface area contributed by atoms with Gasteiger partial charge in [0.2, 0.25) is 5.91 Å². The van der Waals surface area contributed by atoms with Gasteiger partial charge in [0.1, 0.15) is 5.88 Å². The fraction of sp³-hybridized carbons (Fsp3) is 0.778. The van der Waals surface area contributed by atoms with Gasteiger partial charge in [-0.15, -0.1) is 11.6 Å².